The van der Waals surface area contributed by atoms with Crippen molar-refractivity contribution in [3.8, 4) is 32.6 Å². The van der Waals surface area contributed by atoms with Gasteiger partial charge in [0.2, 0.25) is 0 Å². The van der Waals surface area contributed by atoms with Crippen molar-refractivity contribution < 1.29 is 42.4 Å². The van der Waals surface area contributed by atoms with E-state index in [9.17, 15) is 27.9 Å². The summed E-state index contributed by atoms with van der Waals surface area (Å²) in [6.07, 6.45) is -1.89. The number of carboxylic acids is 2. The molecule has 8 rings (SSSR count). The Morgan fingerprint density at radius 3 is 2.17 bits per heavy atom. The van der Waals surface area contributed by atoms with Crippen molar-refractivity contribution >= 4 is 56.4 Å². The number of fused-ring (bicyclic) bond motifs is 2. The molecule has 0 unspecified atom stereocenters. The Hall–Kier alpha value is -6.45. The number of carbonyl (C=O) groups is 2. The van der Waals surface area contributed by atoms with Gasteiger partial charge in [0, 0.05) is 56.1 Å². The number of halogens is 3. The van der Waals surface area contributed by atoms with Gasteiger partial charge < -0.3 is 29.2 Å². The van der Waals surface area contributed by atoms with E-state index in [0.717, 1.165) is 77.8 Å². The lowest BCUT2D eigenvalue weighted by atomic mass is 9.84. The topological polar surface area (TPSA) is 140 Å². The summed E-state index contributed by atoms with van der Waals surface area (Å²) >= 11 is 3.10. The molecule has 4 heterocycles. The number of ether oxygens (including phenoxy) is 2. The molecule has 0 spiro atoms. The first kappa shape index (κ1) is 45.6. The van der Waals surface area contributed by atoms with E-state index in [1.165, 1.54) is 28.3 Å². The molecule has 0 radical (unpaired) electrons. The van der Waals surface area contributed by atoms with Gasteiger partial charge in [0.15, 0.2) is 0 Å². The van der Waals surface area contributed by atoms with Crippen molar-refractivity contribution in [1.29, 1.82) is 0 Å². The quantitative estimate of drug-likeness (QED) is 0.0980. The number of benzene rings is 4. The van der Waals surface area contributed by atoms with Crippen LogP contribution in [-0.4, -0.2) is 48.3 Å². The number of aromatic nitrogens is 4. The van der Waals surface area contributed by atoms with Crippen molar-refractivity contribution in [3.63, 3.8) is 0 Å². The number of rotatable bonds is 14. The Balaban J connectivity index is 0.000000193. The fourth-order valence-electron chi connectivity index (χ4n) is 7.27. The van der Waals surface area contributed by atoms with Crippen LogP contribution in [0.4, 0.5) is 13.2 Å². The maximum Gasteiger partial charge on any atom is 0.416 e. The fourth-order valence-corrected chi connectivity index (χ4v) is 9.37. The van der Waals surface area contributed by atoms with Gasteiger partial charge in [0.05, 0.1) is 33.9 Å². The van der Waals surface area contributed by atoms with E-state index in [2.05, 4.69) is 29.0 Å². The third-order valence-electron chi connectivity index (χ3n) is 10.9. The number of alkyl halides is 3. The normalized spacial score (nSPS) is 11.8. The van der Waals surface area contributed by atoms with Crippen LogP contribution < -0.4 is 9.47 Å². The number of aromatic amines is 1. The highest BCUT2D eigenvalue weighted by atomic mass is 32.1. The number of aliphatic carboxylic acids is 2. The van der Waals surface area contributed by atoms with Crippen LogP contribution in [0.25, 0.3) is 42.9 Å². The highest BCUT2D eigenvalue weighted by Crippen LogP contribution is 2.37. The maximum absolute atomic E-state index is 12.9. The molecule has 15 heteroatoms. The summed E-state index contributed by atoms with van der Waals surface area (Å²) in [5, 5.41) is 22.1. The van der Waals surface area contributed by atoms with Crippen LogP contribution in [0.3, 0.4) is 0 Å². The van der Waals surface area contributed by atoms with Crippen molar-refractivity contribution in [3.05, 3.63) is 141 Å². The van der Waals surface area contributed by atoms with Gasteiger partial charge in [0.1, 0.15) is 34.7 Å². The van der Waals surface area contributed by atoms with Crippen LogP contribution in [0.5, 0.6) is 11.5 Å². The Bertz CT molecular complexity index is 2930. The summed E-state index contributed by atoms with van der Waals surface area (Å²) in [6.45, 7) is 12.1. The molecule has 0 aliphatic carbocycles. The first-order chi connectivity index (χ1) is 30.4. The van der Waals surface area contributed by atoms with Gasteiger partial charge in [-0.15, -0.1) is 22.7 Å². The molecule has 332 valence electrons. The van der Waals surface area contributed by atoms with E-state index in [0.29, 0.717) is 29.3 Å². The molecule has 10 nitrogen and oxygen atoms in total. The van der Waals surface area contributed by atoms with Crippen LogP contribution in [0.2, 0.25) is 0 Å². The first-order valence-corrected chi connectivity index (χ1v) is 22.1. The smallest absolute Gasteiger partial charge is 0.416 e. The van der Waals surface area contributed by atoms with E-state index < -0.39 is 29.1 Å². The molecule has 0 saturated carbocycles. The molecule has 0 aliphatic rings. The van der Waals surface area contributed by atoms with E-state index in [1.807, 2.05) is 75.4 Å². The molecular weight excluding hydrogens is 862 g/mol. The lowest BCUT2D eigenvalue weighted by molar-refractivity contribution is -0.142. The molecule has 8 aromatic rings. The van der Waals surface area contributed by atoms with E-state index in [1.54, 1.807) is 42.0 Å². The van der Waals surface area contributed by atoms with Crippen molar-refractivity contribution in [2.75, 3.05) is 6.61 Å². The van der Waals surface area contributed by atoms with Crippen molar-refractivity contribution in [1.82, 2.24) is 19.5 Å². The van der Waals surface area contributed by atoms with Crippen LogP contribution in [0, 0.1) is 13.8 Å². The molecule has 0 bridgehead atoms. The third kappa shape index (κ3) is 10.2. The zero-order valence-electron chi connectivity index (χ0n) is 36.0. The largest absolute Gasteiger partial charge is 0.493 e. The predicted molar refractivity (Wildman–Crippen MR) is 246 cm³/mol. The third-order valence-corrected chi connectivity index (χ3v) is 13.0. The number of hydrogen-bond acceptors (Lipinski definition) is 8. The summed E-state index contributed by atoms with van der Waals surface area (Å²) in [5.74, 6) is -0.285. The van der Waals surface area contributed by atoms with Crippen molar-refractivity contribution in [2.45, 2.75) is 78.6 Å². The molecule has 3 N–H and O–H groups in total. The predicted octanol–water partition coefficient (Wildman–Crippen LogP) is 12.5. The Kier molecular flexibility index (Phi) is 13.3. The number of H-pyrrole nitrogens is 1. The second-order valence-electron chi connectivity index (χ2n) is 16.2. The van der Waals surface area contributed by atoms with Crippen LogP contribution >= 0.6 is 22.7 Å². The molecule has 4 aromatic heterocycles. The van der Waals surface area contributed by atoms with Gasteiger partial charge in [-0.2, -0.15) is 13.2 Å². The average Bonchev–Trinajstić information content (AvgIpc) is 4.04. The minimum Gasteiger partial charge on any atom is -0.493 e. The van der Waals surface area contributed by atoms with Gasteiger partial charge in [-0.05, 0) is 93.8 Å². The van der Waals surface area contributed by atoms with E-state index >= 15 is 0 Å². The molecular formula is C49H47F3N4O6S2. The van der Waals surface area contributed by atoms with Gasteiger partial charge in [-0.3, -0.25) is 9.59 Å². The fraction of sp³-hybridized carbons (Fsp3) is 0.265. The van der Waals surface area contributed by atoms with Gasteiger partial charge in [0.25, 0.3) is 0 Å². The molecule has 0 atom stereocenters. The summed E-state index contributed by atoms with van der Waals surface area (Å²) in [7, 11) is 0. The second-order valence-corrected chi connectivity index (χ2v) is 18.4. The standard InChI is InChI=1S/C25H23F3N2O3S.C24H24N2O3S/c1-14(2)23-21(34-24(29-23)16-4-6-18(7-5-16)25(26,27)28)13-33-19-8-9-20-17(11-19)10-15(3)30(20)12-22(31)32;1-15-20(26-22(30-15)16-7-5-4-6-8-16)11-12-29-17-9-10-21-18(13-17)19(14-25-21)24(2,3)23(27)28/h4-11,14H,12-13H2,1-3H3,(H,31,32);4-10,13-14,25H,11-12H2,1-3H3,(H,27,28). The maximum atomic E-state index is 12.9. The average molecular weight is 909 g/mol. The summed E-state index contributed by atoms with van der Waals surface area (Å²) < 4.78 is 52.4. The summed E-state index contributed by atoms with van der Waals surface area (Å²) in [4.78, 5) is 37.5. The monoisotopic (exact) mass is 908 g/mol. The zero-order valence-corrected chi connectivity index (χ0v) is 37.7. The number of hydrogen-bond donors (Lipinski definition) is 3. The zero-order chi connectivity index (χ0) is 45.9. The highest BCUT2D eigenvalue weighted by molar-refractivity contribution is 7.15. The van der Waals surface area contributed by atoms with E-state index in [-0.39, 0.29) is 19.1 Å². The van der Waals surface area contributed by atoms with Gasteiger partial charge in [-0.1, -0.05) is 56.3 Å². The first-order valence-electron chi connectivity index (χ1n) is 20.5. The Morgan fingerprint density at radius 2 is 1.50 bits per heavy atom. The van der Waals surface area contributed by atoms with Crippen LogP contribution in [-0.2, 0) is 40.8 Å². The SMILES string of the molecule is Cc1cc2cc(OCc3sc(-c4ccc(C(F)(F)F)cc4)nc3C(C)C)ccc2n1CC(=O)O.Cc1sc(-c2ccccc2)nc1CCOc1ccc2[nH]cc(C(C)(C)C(=O)O)c2c1. The van der Waals surface area contributed by atoms with Gasteiger partial charge >= 0.3 is 18.1 Å². The van der Waals surface area contributed by atoms with Crippen molar-refractivity contribution in [2.24, 2.45) is 0 Å². The number of aryl methyl sites for hydroxylation is 2. The Morgan fingerprint density at radius 1 is 0.828 bits per heavy atom. The molecule has 0 amide bonds. The molecule has 0 aliphatic heterocycles. The lowest BCUT2D eigenvalue weighted by Crippen LogP contribution is -2.28. The molecule has 64 heavy (non-hydrogen) atoms. The molecule has 0 saturated heterocycles. The van der Waals surface area contributed by atoms with E-state index in [4.69, 9.17) is 19.6 Å². The summed E-state index contributed by atoms with van der Waals surface area (Å²) in [5.41, 5.74) is 5.29. The highest BCUT2D eigenvalue weighted by Gasteiger charge is 2.32. The number of nitrogens with one attached hydrogen (secondary N) is 1. The second kappa shape index (κ2) is 18.7. The molecule has 0 fully saturated rings. The number of carboxylic acid groups (broad SMARTS) is 2. The lowest BCUT2D eigenvalue weighted by Gasteiger charge is -2.18. The number of nitrogens with zero attached hydrogens (tertiary/aromatic N) is 3. The van der Waals surface area contributed by atoms with Crippen LogP contribution in [0.1, 0.15) is 71.6 Å². The minimum atomic E-state index is -4.38. The minimum absolute atomic E-state index is 0.110. The van der Waals surface area contributed by atoms with Gasteiger partial charge in [-0.25, -0.2) is 9.97 Å². The Labute approximate surface area is 376 Å². The summed E-state index contributed by atoms with van der Waals surface area (Å²) in [6, 6.07) is 28.4. The molecule has 4 aromatic carbocycles. The van der Waals surface area contributed by atoms with Crippen LogP contribution in [0.15, 0.2) is 103 Å². The number of thiazole rings is 2.